The molecule has 0 saturated carbocycles. The summed E-state index contributed by atoms with van der Waals surface area (Å²) >= 11 is 1.07. The van der Waals surface area contributed by atoms with Crippen molar-refractivity contribution < 1.29 is 27.6 Å². The minimum atomic E-state index is -4.69. The van der Waals surface area contributed by atoms with Crippen molar-refractivity contribution in [1.29, 1.82) is 0 Å². The first-order chi connectivity index (χ1) is 25.0. The van der Waals surface area contributed by atoms with E-state index < -0.39 is 42.2 Å². The van der Waals surface area contributed by atoms with Crippen LogP contribution in [-0.2, 0) is 40.1 Å². The van der Waals surface area contributed by atoms with E-state index in [9.17, 15) is 27.6 Å². The Morgan fingerprint density at radius 2 is 1.69 bits per heavy atom. The summed E-state index contributed by atoms with van der Waals surface area (Å²) in [6, 6.07) is 13.6. The van der Waals surface area contributed by atoms with Crippen LogP contribution in [0.15, 0.2) is 76.8 Å². The minimum Gasteiger partial charge on any atom is -0.350 e. The van der Waals surface area contributed by atoms with Crippen LogP contribution in [0.1, 0.15) is 72.8 Å². The van der Waals surface area contributed by atoms with Gasteiger partial charge in [0.2, 0.25) is 11.8 Å². The summed E-state index contributed by atoms with van der Waals surface area (Å²) in [5.41, 5.74) is 14.3. The summed E-state index contributed by atoms with van der Waals surface area (Å²) in [5.74, 6) is -1.85. The number of likely N-dealkylation sites (N-methyl/N-ethyl adjacent to an activating group) is 1. The van der Waals surface area contributed by atoms with E-state index in [1.807, 2.05) is 36.4 Å². The number of carbonyl (C=O) groups is 3. The van der Waals surface area contributed by atoms with Gasteiger partial charge in [-0.3, -0.25) is 14.4 Å². The number of carbonyl (C=O) groups excluding carboxylic acids is 3. The number of fused-ring (bicyclic) bond motifs is 3. The molecular weight excluding hydrogens is 690 g/mol. The largest absolute Gasteiger partial charge is 0.416 e. The van der Waals surface area contributed by atoms with Gasteiger partial charge in [0.25, 0.3) is 0 Å². The van der Waals surface area contributed by atoms with Crippen molar-refractivity contribution in [2.75, 3.05) is 20.1 Å². The second-order valence-corrected chi connectivity index (χ2v) is 14.4. The molecule has 1 aromatic heterocycles. The number of hydrogen-bond donors (Lipinski definition) is 4. The average Bonchev–Trinajstić information content (AvgIpc) is 3.54. The summed E-state index contributed by atoms with van der Waals surface area (Å²) in [5, 5.41) is 6.59. The Morgan fingerprint density at radius 3 is 2.46 bits per heavy atom. The highest BCUT2D eigenvalue weighted by Gasteiger charge is 2.37. The Morgan fingerprint density at radius 1 is 0.923 bits per heavy atom. The van der Waals surface area contributed by atoms with Crippen molar-refractivity contribution in [3.8, 4) is 0 Å². The van der Waals surface area contributed by atoms with Crippen molar-refractivity contribution in [2.24, 2.45) is 17.4 Å². The second kappa shape index (κ2) is 18.1. The lowest BCUT2D eigenvalue weighted by Crippen LogP contribution is -2.50. The molecule has 1 aliphatic heterocycles. The standard InChI is InChI=1S/C39H47F3N6O3S/c1-48-33(21-26-17-16-25-9-2-3-12-29(25)26)36(50)47-24-30-31(39(40,41)42)13-6-15-35(30)52-37-28(11-8-20-45-37)23-46-32(14-7-19-44)34(49)22-27(38(48)51)10-4-5-18-43/h2-3,6,8-9,11-13,15,17,20,27,32-33,46H,4-5,7,10,14,16,18-19,21-24,43-44H2,1H3,(H,47,50)/t27-,32+,33+/m1/s1. The third-order valence-corrected chi connectivity index (χ3v) is 11.0. The van der Waals surface area contributed by atoms with Crippen molar-refractivity contribution >= 4 is 34.9 Å². The predicted octanol–water partition coefficient (Wildman–Crippen LogP) is 5.64. The number of amides is 2. The highest BCUT2D eigenvalue weighted by atomic mass is 32.2. The summed E-state index contributed by atoms with van der Waals surface area (Å²) < 4.78 is 43.5. The van der Waals surface area contributed by atoms with Gasteiger partial charge < -0.3 is 27.0 Å². The van der Waals surface area contributed by atoms with Crippen molar-refractivity contribution in [3.63, 3.8) is 0 Å². The molecule has 2 heterocycles. The van der Waals surface area contributed by atoms with E-state index >= 15 is 0 Å². The molecule has 278 valence electrons. The fourth-order valence-corrected chi connectivity index (χ4v) is 7.97. The fraction of sp³-hybridized carbons (Fsp3) is 0.436. The quantitative estimate of drug-likeness (QED) is 0.207. The van der Waals surface area contributed by atoms with Crippen LogP contribution in [0.4, 0.5) is 13.2 Å². The van der Waals surface area contributed by atoms with Crippen LogP contribution < -0.4 is 22.1 Å². The molecule has 2 aromatic carbocycles. The van der Waals surface area contributed by atoms with Gasteiger partial charge in [0, 0.05) is 50.0 Å². The van der Waals surface area contributed by atoms with Crippen molar-refractivity contribution in [2.45, 2.75) is 92.6 Å². The molecule has 1 aliphatic carbocycles. The number of nitrogens with zero attached hydrogens (tertiary/aromatic N) is 2. The monoisotopic (exact) mass is 736 g/mol. The maximum absolute atomic E-state index is 14.5. The molecule has 52 heavy (non-hydrogen) atoms. The molecule has 0 spiro atoms. The van der Waals surface area contributed by atoms with Crippen LogP contribution in [0, 0.1) is 5.92 Å². The third-order valence-electron chi connectivity index (χ3n) is 9.83. The Balaban J connectivity index is 1.59. The molecule has 0 unspecified atom stereocenters. The van der Waals surface area contributed by atoms with Gasteiger partial charge in [0.05, 0.1) is 11.6 Å². The lowest BCUT2D eigenvalue weighted by Gasteiger charge is -2.32. The van der Waals surface area contributed by atoms with Gasteiger partial charge in [0.15, 0.2) is 5.78 Å². The Bertz CT molecular complexity index is 1770. The van der Waals surface area contributed by atoms with Crippen molar-refractivity contribution in [1.82, 2.24) is 20.5 Å². The zero-order valence-electron chi connectivity index (χ0n) is 29.4. The molecule has 13 heteroatoms. The molecule has 5 rings (SSSR count). The van der Waals surface area contributed by atoms with E-state index in [0.717, 1.165) is 34.5 Å². The third kappa shape index (κ3) is 9.68. The van der Waals surface area contributed by atoms with Crippen LogP contribution in [0.5, 0.6) is 0 Å². The van der Waals surface area contributed by atoms with E-state index in [4.69, 9.17) is 11.5 Å². The number of pyridine rings is 1. The summed E-state index contributed by atoms with van der Waals surface area (Å²) in [4.78, 5) is 48.8. The molecule has 3 atom stereocenters. The first kappa shape index (κ1) is 39.2. The van der Waals surface area contributed by atoms with Crippen LogP contribution in [0.2, 0.25) is 0 Å². The highest BCUT2D eigenvalue weighted by Crippen LogP contribution is 2.39. The number of hydrogen-bond acceptors (Lipinski definition) is 8. The number of nitrogens with one attached hydrogen (secondary N) is 2. The molecule has 2 aliphatic rings. The summed E-state index contributed by atoms with van der Waals surface area (Å²) in [6.07, 6.45) is 2.32. The van der Waals surface area contributed by atoms with Crippen LogP contribution in [0.25, 0.3) is 5.57 Å². The number of rotatable bonds is 9. The van der Waals surface area contributed by atoms with E-state index in [0.29, 0.717) is 62.2 Å². The topological polar surface area (TPSA) is 143 Å². The number of benzene rings is 2. The number of halogens is 3. The van der Waals surface area contributed by atoms with Crippen LogP contribution in [-0.4, -0.2) is 59.7 Å². The molecule has 0 radical (unpaired) electrons. The number of allylic oxidation sites excluding steroid dienone is 1. The molecule has 0 fully saturated rings. The molecule has 9 nitrogen and oxygen atoms in total. The smallest absolute Gasteiger partial charge is 0.350 e. The zero-order chi connectivity index (χ0) is 37.3. The normalized spacial score (nSPS) is 20.4. The van der Waals surface area contributed by atoms with Gasteiger partial charge >= 0.3 is 6.18 Å². The maximum Gasteiger partial charge on any atom is 0.416 e. The van der Waals surface area contributed by atoms with Gasteiger partial charge in [-0.1, -0.05) is 60.7 Å². The fourth-order valence-electron chi connectivity index (χ4n) is 6.93. The number of ketones is 1. The second-order valence-electron chi connectivity index (χ2n) is 13.3. The van der Waals surface area contributed by atoms with Gasteiger partial charge in [-0.05, 0) is 91.2 Å². The van der Waals surface area contributed by atoms with E-state index in [1.165, 1.54) is 11.0 Å². The van der Waals surface area contributed by atoms with Gasteiger partial charge in [0.1, 0.15) is 11.1 Å². The number of Topliss-reactive ketones (excluding diaryl/α,β-unsaturated/α-hetero) is 1. The molecule has 0 saturated heterocycles. The molecule has 6 N–H and O–H groups in total. The maximum atomic E-state index is 14.5. The molecule has 0 bridgehead atoms. The highest BCUT2D eigenvalue weighted by molar-refractivity contribution is 7.99. The van der Waals surface area contributed by atoms with E-state index in [-0.39, 0.29) is 41.5 Å². The molecular formula is C39H47F3N6O3S. The Hall–Kier alpha value is -4.04. The van der Waals surface area contributed by atoms with Gasteiger partial charge in [-0.2, -0.15) is 13.2 Å². The first-order valence-corrected chi connectivity index (χ1v) is 18.6. The predicted molar refractivity (Wildman–Crippen MR) is 196 cm³/mol. The number of aromatic nitrogens is 1. The average molecular weight is 737 g/mol. The summed E-state index contributed by atoms with van der Waals surface area (Å²) in [7, 11) is 1.54. The SMILES string of the molecule is CN1C(=O)[C@H](CCCCN)CC(=O)[C@H](CCCN)NCc2cccnc2Sc2cccc(C(F)(F)F)c2CNC(=O)[C@@H]1CC1=CCc2ccccc21. The first-order valence-electron chi connectivity index (χ1n) is 17.8. The number of unbranched alkanes of at least 4 members (excludes halogenated alkanes) is 1. The van der Waals surface area contributed by atoms with Crippen LogP contribution >= 0.6 is 11.8 Å². The van der Waals surface area contributed by atoms with Gasteiger partial charge in [-0.25, -0.2) is 4.98 Å². The van der Waals surface area contributed by atoms with E-state index in [2.05, 4.69) is 15.6 Å². The minimum absolute atomic E-state index is 0.0507. The molecule has 2 amide bonds. The van der Waals surface area contributed by atoms with Crippen LogP contribution in [0.3, 0.4) is 0 Å². The Kier molecular flexibility index (Phi) is 13.7. The number of alkyl halides is 3. The number of nitrogens with two attached hydrogens (primary N) is 2. The zero-order valence-corrected chi connectivity index (χ0v) is 30.2. The lowest BCUT2D eigenvalue weighted by molar-refractivity contribution is -0.143. The summed E-state index contributed by atoms with van der Waals surface area (Å²) in [6.45, 7) is 0.587. The van der Waals surface area contributed by atoms with Gasteiger partial charge in [-0.15, -0.1) is 0 Å². The molecule has 3 aromatic rings. The Labute approximate surface area is 307 Å². The lowest BCUT2D eigenvalue weighted by atomic mass is 9.90. The van der Waals surface area contributed by atoms with E-state index in [1.54, 1.807) is 25.4 Å². The van der Waals surface area contributed by atoms with Crippen molar-refractivity contribution in [3.05, 3.63) is 94.7 Å².